The van der Waals surface area contributed by atoms with E-state index in [2.05, 4.69) is 0 Å². The Morgan fingerprint density at radius 3 is 2.08 bits per heavy atom. The summed E-state index contributed by atoms with van der Waals surface area (Å²) in [5, 5.41) is 0. The van der Waals surface area contributed by atoms with E-state index in [9.17, 15) is 22.4 Å². The van der Waals surface area contributed by atoms with E-state index in [0.717, 1.165) is 17.2 Å². The molecule has 0 N–H and O–H groups in total. The van der Waals surface area contributed by atoms with Crippen molar-refractivity contribution in [1.82, 2.24) is 14.5 Å². The Labute approximate surface area is 218 Å². The van der Waals surface area contributed by atoms with Gasteiger partial charge in [-0.15, -0.1) is 0 Å². The first-order valence-corrected chi connectivity index (χ1v) is 12.5. The molecule has 4 aromatic rings. The molecular formula is C30H27F4N3O. The molecule has 0 saturated carbocycles. The summed E-state index contributed by atoms with van der Waals surface area (Å²) < 4.78 is 56.6. The Kier molecular flexibility index (Phi) is 6.92. The average molecular weight is 522 g/mol. The van der Waals surface area contributed by atoms with E-state index in [4.69, 9.17) is 4.98 Å². The lowest BCUT2D eigenvalue weighted by molar-refractivity contribution is -0.140. The minimum absolute atomic E-state index is 0.0462. The van der Waals surface area contributed by atoms with Crippen LogP contribution in [-0.2, 0) is 19.1 Å². The second-order valence-corrected chi connectivity index (χ2v) is 9.59. The molecule has 0 bridgehead atoms. The number of hydrogen-bond donors (Lipinski definition) is 0. The number of halogens is 4. The zero-order valence-corrected chi connectivity index (χ0v) is 21.0. The highest BCUT2D eigenvalue weighted by Gasteiger charge is 2.36. The van der Waals surface area contributed by atoms with Gasteiger partial charge in [-0.3, -0.25) is 14.3 Å². The number of alkyl halides is 3. The molecule has 1 atom stereocenters. The Balaban J connectivity index is 1.56. The van der Waals surface area contributed by atoms with Crippen LogP contribution < -0.4 is 5.56 Å². The van der Waals surface area contributed by atoms with Crippen LogP contribution in [0, 0.1) is 12.7 Å². The molecular weight excluding hydrogens is 494 g/mol. The van der Waals surface area contributed by atoms with E-state index in [0.29, 0.717) is 30.0 Å². The van der Waals surface area contributed by atoms with Crippen LogP contribution in [-0.4, -0.2) is 21.0 Å². The van der Waals surface area contributed by atoms with Gasteiger partial charge in [0.15, 0.2) is 0 Å². The van der Waals surface area contributed by atoms with E-state index in [1.54, 1.807) is 11.5 Å². The Morgan fingerprint density at radius 2 is 1.50 bits per heavy atom. The predicted molar refractivity (Wildman–Crippen MR) is 137 cm³/mol. The normalized spacial score (nSPS) is 14.9. The van der Waals surface area contributed by atoms with Crippen molar-refractivity contribution < 1.29 is 17.6 Å². The van der Waals surface area contributed by atoms with Crippen LogP contribution in [0.5, 0.6) is 0 Å². The maximum absolute atomic E-state index is 14.9. The van der Waals surface area contributed by atoms with E-state index in [1.165, 1.54) is 12.1 Å². The SMILES string of the molecule is Cc1nc2c(c(=O)n1C(c1ccccc1)c1ccccc1)CN(C(C)c1cccc(C(F)(F)F)c1F)CC2. The van der Waals surface area contributed by atoms with Gasteiger partial charge in [0.25, 0.3) is 5.56 Å². The van der Waals surface area contributed by atoms with Gasteiger partial charge in [0.2, 0.25) is 0 Å². The van der Waals surface area contributed by atoms with Crippen molar-refractivity contribution in [1.29, 1.82) is 0 Å². The summed E-state index contributed by atoms with van der Waals surface area (Å²) in [6.07, 6.45) is -4.34. The second-order valence-electron chi connectivity index (χ2n) is 9.59. The van der Waals surface area contributed by atoms with Gasteiger partial charge in [-0.05, 0) is 31.0 Å². The highest BCUT2D eigenvalue weighted by molar-refractivity contribution is 5.35. The van der Waals surface area contributed by atoms with Crippen LogP contribution in [0.1, 0.15) is 58.3 Å². The van der Waals surface area contributed by atoms with Crippen LogP contribution in [0.15, 0.2) is 83.7 Å². The molecule has 4 nitrogen and oxygen atoms in total. The van der Waals surface area contributed by atoms with E-state index < -0.39 is 29.6 Å². The summed E-state index contributed by atoms with van der Waals surface area (Å²) >= 11 is 0. The minimum Gasteiger partial charge on any atom is -0.292 e. The third-order valence-electron chi connectivity index (χ3n) is 7.29. The average Bonchev–Trinajstić information content (AvgIpc) is 2.91. The topological polar surface area (TPSA) is 38.1 Å². The maximum Gasteiger partial charge on any atom is 0.419 e. The molecule has 1 aromatic heterocycles. The smallest absolute Gasteiger partial charge is 0.292 e. The lowest BCUT2D eigenvalue weighted by atomic mass is 9.96. The maximum atomic E-state index is 14.9. The molecule has 8 heteroatoms. The molecule has 0 radical (unpaired) electrons. The zero-order valence-electron chi connectivity index (χ0n) is 21.0. The summed E-state index contributed by atoms with van der Waals surface area (Å²) in [4.78, 5) is 20.7. The lowest BCUT2D eigenvalue weighted by Gasteiger charge is -2.34. The molecule has 3 aromatic carbocycles. The summed E-state index contributed by atoms with van der Waals surface area (Å²) in [5.74, 6) is -0.692. The molecule has 38 heavy (non-hydrogen) atoms. The fraction of sp³-hybridized carbons (Fsp3) is 0.267. The van der Waals surface area contributed by atoms with Gasteiger partial charge in [0.1, 0.15) is 11.6 Å². The first-order chi connectivity index (χ1) is 18.2. The third-order valence-corrected chi connectivity index (χ3v) is 7.29. The van der Waals surface area contributed by atoms with Crippen molar-refractivity contribution in [2.45, 2.75) is 45.1 Å². The number of fused-ring (bicyclic) bond motifs is 1. The van der Waals surface area contributed by atoms with Crippen LogP contribution >= 0.6 is 0 Å². The number of nitrogens with zero attached hydrogens (tertiary/aromatic N) is 3. The summed E-state index contributed by atoms with van der Waals surface area (Å²) in [6, 6.07) is 21.6. The highest BCUT2D eigenvalue weighted by atomic mass is 19.4. The standard InChI is InChI=1S/C30H27F4N3O/c1-19(23-14-9-15-25(27(23)31)30(32,33)34)36-17-16-26-24(18-36)29(38)37(20(2)35-26)28(21-10-5-3-6-11-21)22-12-7-4-8-13-22/h3-15,19,28H,16-18H2,1-2H3. The molecule has 0 spiro atoms. The summed E-state index contributed by atoms with van der Waals surface area (Å²) in [7, 11) is 0. The third kappa shape index (κ3) is 4.76. The highest BCUT2D eigenvalue weighted by Crippen LogP contribution is 2.36. The van der Waals surface area contributed by atoms with E-state index >= 15 is 0 Å². The Morgan fingerprint density at radius 1 is 0.895 bits per heavy atom. The van der Waals surface area contributed by atoms with Crippen molar-refractivity contribution >= 4 is 0 Å². The lowest BCUT2D eigenvalue weighted by Crippen LogP contribution is -2.41. The fourth-order valence-corrected chi connectivity index (χ4v) is 5.31. The van der Waals surface area contributed by atoms with Crippen LogP contribution in [0.3, 0.4) is 0 Å². The second kappa shape index (κ2) is 10.2. The quantitative estimate of drug-likeness (QED) is 0.283. The molecule has 1 unspecified atom stereocenters. The first kappa shape index (κ1) is 25.9. The van der Waals surface area contributed by atoms with Gasteiger partial charge in [0.05, 0.1) is 22.9 Å². The Hall–Kier alpha value is -3.78. The van der Waals surface area contributed by atoms with Crippen molar-refractivity contribution in [2.24, 2.45) is 0 Å². The molecule has 0 fully saturated rings. The number of aromatic nitrogens is 2. The van der Waals surface area contributed by atoms with E-state index in [1.807, 2.05) is 72.5 Å². The Bertz CT molecular complexity index is 1460. The van der Waals surface area contributed by atoms with Gasteiger partial charge in [-0.2, -0.15) is 13.2 Å². The molecule has 0 amide bonds. The van der Waals surface area contributed by atoms with Gasteiger partial charge < -0.3 is 0 Å². The largest absolute Gasteiger partial charge is 0.419 e. The van der Waals surface area contributed by atoms with Gasteiger partial charge >= 0.3 is 6.18 Å². The number of benzene rings is 3. The van der Waals surface area contributed by atoms with E-state index in [-0.39, 0.29) is 17.7 Å². The van der Waals surface area contributed by atoms with Crippen molar-refractivity contribution in [3.05, 3.63) is 134 Å². The fourth-order valence-electron chi connectivity index (χ4n) is 5.31. The first-order valence-electron chi connectivity index (χ1n) is 12.5. The van der Waals surface area contributed by atoms with Gasteiger partial charge in [-0.1, -0.05) is 72.8 Å². The molecule has 1 aliphatic heterocycles. The van der Waals surface area contributed by atoms with Crippen molar-refractivity contribution in [2.75, 3.05) is 6.54 Å². The van der Waals surface area contributed by atoms with Gasteiger partial charge in [0, 0.05) is 31.1 Å². The van der Waals surface area contributed by atoms with Crippen LogP contribution in [0.25, 0.3) is 0 Å². The number of aryl methyl sites for hydroxylation is 1. The van der Waals surface area contributed by atoms with Crippen LogP contribution in [0.2, 0.25) is 0 Å². The molecule has 0 aliphatic carbocycles. The number of rotatable bonds is 5. The zero-order chi connectivity index (χ0) is 27.0. The summed E-state index contributed by atoms with van der Waals surface area (Å²) in [6.45, 7) is 4.09. The van der Waals surface area contributed by atoms with Crippen molar-refractivity contribution in [3.8, 4) is 0 Å². The molecule has 1 aliphatic rings. The summed E-state index contributed by atoms with van der Waals surface area (Å²) in [5.41, 5.74) is 1.49. The molecule has 196 valence electrons. The van der Waals surface area contributed by atoms with Crippen LogP contribution in [0.4, 0.5) is 17.6 Å². The van der Waals surface area contributed by atoms with Gasteiger partial charge in [-0.25, -0.2) is 9.37 Å². The number of hydrogen-bond acceptors (Lipinski definition) is 3. The molecule has 0 saturated heterocycles. The minimum atomic E-state index is -4.78. The van der Waals surface area contributed by atoms with Crippen molar-refractivity contribution in [3.63, 3.8) is 0 Å². The molecule has 2 heterocycles. The molecule has 5 rings (SSSR count). The monoisotopic (exact) mass is 521 g/mol. The predicted octanol–water partition coefficient (Wildman–Crippen LogP) is 6.47.